The lowest BCUT2D eigenvalue weighted by atomic mass is 10.1. The van der Waals surface area contributed by atoms with E-state index < -0.39 is 11.7 Å². The highest BCUT2D eigenvalue weighted by Crippen LogP contribution is 2.45. The van der Waals surface area contributed by atoms with Crippen molar-refractivity contribution in [2.75, 3.05) is 20.3 Å². The molecular weight excluding hydrogens is 237 g/mol. The standard InChI is InChI=1S/C13H16FNO3/c1-18-8-13(4-5-13)7-15-12(17)10-6-9(16)2-3-11(10)14/h2-3,6,16H,4-5,7-8H2,1H3,(H,15,17). The van der Waals surface area contributed by atoms with Crippen molar-refractivity contribution in [3.05, 3.63) is 29.6 Å². The third-order valence-corrected chi connectivity index (χ3v) is 3.23. The summed E-state index contributed by atoms with van der Waals surface area (Å²) in [5, 5.41) is 11.9. The van der Waals surface area contributed by atoms with Gasteiger partial charge in [-0.15, -0.1) is 0 Å². The summed E-state index contributed by atoms with van der Waals surface area (Å²) in [5.74, 6) is -1.27. The lowest BCUT2D eigenvalue weighted by molar-refractivity contribution is 0.0915. The second-order valence-electron chi connectivity index (χ2n) is 4.78. The number of benzene rings is 1. The van der Waals surface area contributed by atoms with Crippen molar-refractivity contribution in [1.82, 2.24) is 5.32 Å². The van der Waals surface area contributed by atoms with E-state index in [0.29, 0.717) is 13.2 Å². The first-order valence-electron chi connectivity index (χ1n) is 5.82. The highest BCUT2D eigenvalue weighted by molar-refractivity contribution is 5.94. The summed E-state index contributed by atoms with van der Waals surface area (Å²) in [6.45, 7) is 1.06. The molecule has 0 heterocycles. The van der Waals surface area contributed by atoms with Crippen LogP contribution in [0.25, 0.3) is 0 Å². The number of hydrogen-bond acceptors (Lipinski definition) is 3. The molecule has 5 heteroatoms. The lowest BCUT2D eigenvalue weighted by Gasteiger charge is -2.15. The Kier molecular flexibility index (Phi) is 3.52. The normalized spacial score (nSPS) is 16.3. The number of aromatic hydroxyl groups is 1. The van der Waals surface area contributed by atoms with Crippen LogP contribution in [0.4, 0.5) is 4.39 Å². The summed E-state index contributed by atoms with van der Waals surface area (Å²) in [6.07, 6.45) is 2.01. The molecule has 98 valence electrons. The SMILES string of the molecule is COCC1(CNC(=O)c2cc(O)ccc2F)CC1. The van der Waals surface area contributed by atoms with Crippen LogP contribution in [0.5, 0.6) is 5.75 Å². The highest BCUT2D eigenvalue weighted by atomic mass is 19.1. The number of phenolic OH excluding ortho intramolecular Hbond substituents is 1. The third-order valence-electron chi connectivity index (χ3n) is 3.23. The molecule has 0 spiro atoms. The van der Waals surface area contributed by atoms with Gasteiger partial charge in [0.2, 0.25) is 0 Å². The molecule has 2 rings (SSSR count). The summed E-state index contributed by atoms with van der Waals surface area (Å²) < 4.78 is 18.5. The van der Waals surface area contributed by atoms with Crippen molar-refractivity contribution in [3.8, 4) is 5.75 Å². The largest absolute Gasteiger partial charge is 0.508 e. The van der Waals surface area contributed by atoms with Crippen molar-refractivity contribution < 1.29 is 19.0 Å². The number of methoxy groups -OCH3 is 1. The average Bonchev–Trinajstić information content (AvgIpc) is 3.10. The Morgan fingerprint density at radius 1 is 1.56 bits per heavy atom. The molecule has 0 atom stereocenters. The van der Waals surface area contributed by atoms with Gasteiger partial charge in [0.25, 0.3) is 5.91 Å². The first-order valence-corrected chi connectivity index (χ1v) is 5.82. The maximum absolute atomic E-state index is 13.4. The third kappa shape index (κ3) is 2.79. The maximum atomic E-state index is 13.4. The number of amides is 1. The topological polar surface area (TPSA) is 58.6 Å². The molecular formula is C13H16FNO3. The Bertz CT molecular complexity index is 458. The molecule has 18 heavy (non-hydrogen) atoms. The van der Waals surface area contributed by atoms with Crippen LogP contribution in [-0.4, -0.2) is 31.3 Å². The van der Waals surface area contributed by atoms with Crippen molar-refractivity contribution in [1.29, 1.82) is 0 Å². The smallest absolute Gasteiger partial charge is 0.254 e. The molecule has 1 aliphatic rings. The molecule has 1 fully saturated rings. The number of carbonyl (C=O) groups excluding carboxylic acids is 1. The average molecular weight is 253 g/mol. The quantitative estimate of drug-likeness (QED) is 0.839. The Morgan fingerprint density at radius 3 is 2.89 bits per heavy atom. The van der Waals surface area contributed by atoms with Crippen molar-refractivity contribution in [2.24, 2.45) is 5.41 Å². The zero-order valence-electron chi connectivity index (χ0n) is 10.2. The van der Waals surface area contributed by atoms with E-state index in [9.17, 15) is 14.3 Å². The molecule has 0 bridgehead atoms. The summed E-state index contributed by atoms with van der Waals surface area (Å²) in [4.78, 5) is 11.8. The molecule has 1 saturated carbocycles. The van der Waals surface area contributed by atoms with E-state index in [4.69, 9.17) is 4.74 Å². The molecule has 0 unspecified atom stereocenters. The van der Waals surface area contributed by atoms with E-state index in [1.165, 1.54) is 6.07 Å². The van der Waals surface area contributed by atoms with Gasteiger partial charge in [0.15, 0.2) is 0 Å². The second kappa shape index (κ2) is 4.94. The predicted molar refractivity (Wildman–Crippen MR) is 63.9 cm³/mol. The fraction of sp³-hybridized carbons (Fsp3) is 0.462. The molecule has 0 aromatic heterocycles. The molecule has 0 saturated heterocycles. The molecule has 1 aliphatic carbocycles. The minimum atomic E-state index is -0.637. The molecule has 0 aliphatic heterocycles. The van der Waals surface area contributed by atoms with Gasteiger partial charge in [-0.25, -0.2) is 4.39 Å². The van der Waals surface area contributed by atoms with Gasteiger partial charge in [-0.3, -0.25) is 4.79 Å². The van der Waals surface area contributed by atoms with E-state index in [1.807, 2.05) is 0 Å². The van der Waals surface area contributed by atoms with Crippen LogP contribution < -0.4 is 5.32 Å². The molecule has 1 aromatic rings. The fourth-order valence-corrected chi connectivity index (χ4v) is 1.91. The van der Waals surface area contributed by atoms with Gasteiger partial charge in [-0.1, -0.05) is 0 Å². The van der Waals surface area contributed by atoms with Gasteiger partial charge in [-0.2, -0.15) is 0 Å². The first kappa shape index (κ1) is 12.8. The number of ether oxygens (including phenoxy) is 1. The minimum Gasteiger partial charge on any atom is -0.508 e. The Balaban J connectivity index is 1.98. The highest BCUT2D eigenvalue weighted by Gasteiger charge is 2.42. The van der Waals surface area contributed by atoms with E-state index >= 15 is 0 Å². The van der Waals surface area contributed by atoms with Crippen LogP contribution in [0.2, 0.25) is 0 Å². The number of rotatable bonds is 5. The summed E-state index contributed by atoms with van der Waals surface area (Å²) in [5.41, 5.74) is -0.124. The monoisotopic (exact) mass is 253 g/mol. The molecule has 1 amide bonds. The van der Waals surface area contributed by atoms with Gasteiger partial charge in [0.05, 0.1) is 12.2 Å². The summed E-state index contributed by atoms with van der Waals surface area (Å²) in [6, 6.07) is 3.41. The van der Waals surface area contributed by atoms with Crippen LogP contribution in [0, 0.1) is 11.2 Å². The molecule has 0 radical (unpaired) electrons. The van der Waals surface area contributed by atoms with Crippen molar-refractivity contribution in [2.45, 2.75) is 12.8 Å². The van der Waals surface area contributed by atoms with Gasteiger partial charge in [0.1, 0.15) is 11.6 Å². The maximum Gasteiger partial charge on any atom is 0.254 e. The Hall–Kier alpha value is -1.62. The van der Waals surface area contributed by atoms with Gasteiger partial charge in [0, 0.05) is 19.1 Å². The number of carbonyl (C=O) groups is 1. The van der Waals surface area contributed by atoms with E-state index in [-0.39, 0.29) is 16.7 Å². The molecule has 4 nitrogen and oxygen atoms in total. The predicted octanol–water partition coefficient (Wildman–Crippen LogP) is 1.69. The Labute approximate surface area is 105 Å². The van der Waals surface area contributed by atoms with Crippen LogP contribution >= 0.6 is 0 Å². The zero-order valence-corrected chi connectivity index (χ0v) is 10.2. The van der Waals surface area contributed by atoms with E-state index in [2.05, 4.69) is 5.32 Å². The van der Waals surface area contributed by atoms with Crippen LogP contribution in [0.1, 0.15) is 23.2 Å². The van der Waals surface area contributed by atoms with E-state index in [1.54, 1.807) is 7.11 Å². The zero-order chi connectivity index (χ0) is 13.2. The second-order valence-corrected chi connectivity index (χ2v) is 4.78. The van der Waals surface area contributed by atoms with Crippen LogP contribution in [-0.2, 0) is 4.74 Å². The number of halogens is 1. The first-order chi connectivity index (χ1) is 8.56. The van der Waals surface area contributed by atoms with Gasteiger partial charge in [-0.05, 0) is 31.0 Å². The van der Waals surface area contributed by atoms with Crippen LogP contribution in [0.15, 0.2) is 18.2 Å². The Morgan fingerprint density at radius 2 is 2.28 bits per heavy atom. The van der Waals surface area contributed by atoms with E-state index in [0.717, 1.165) is 25.0 Å². The minimum absolute atomic E-state index is 0.0116. The van der Waals surface area contributed by atoms with Crippen molar-refractivity contribution >= 4 is 5.91 Å². The fourth-order valence-electron chi connectivity index (χ4n) is 1.91. The van der Waals surface area contributed by atoms with Gasteiger partial charge >= 0.3 is 0 Å². The molecule has 2 N–H and O–H groups in total. The molecule has 1 aromatic carbocycles. The summed E-state index contributed by atoms with van der Waals surface area (Å²) in [7, 11) is 1.62. The number of phenols is 1. The van der Waals surface area contributed by atoms with Gasteiger partial charge < -0.3 is 15.2 Å². The number of nitrogens with one attached hydrogen (secondary N) is 1. The van der Waals surface area contributed by atoms with Crippen LogP contribution in [0.3, 0.4) is 0 Å². The lowest BCUT2D eigenvalue weighted by Crippen LogP contribution is -2.32. The number of hydrogen-bond donors (Lipinski definition) is 2. The summed E-state index contributed by atoms with van der Waals surface area (Å²) >= 11 is 0. The van der Waals surface area contributed by atoms with Crippen molar-refractivity contribution in [3.63, 3.8) is 0 Å².